The fourth-order valence-electron chi connectivity index (χ4n) is 3.94. The predicted octanol–water partition coefficient (Wildman–Crippen LogP) is 3.80. The van der Waals surface area contributed by atoms with Gasteiger partial charge in [0.2, 0.25) is 5.95 Å². The molecule has 0 aliphatic carbocycles. The average molecular weight is 391 g/mol. The third-order valence-electron chi connectivity index (χ3n) is 5.09. The van der Waals surface area contributed by atoms with Crippen LogP contribution in [0, 0.1) is 17.3 Å². The highest BCUT2D eigenvalue weighted by Gasteiger charge is 2.44. The number of alkyl halides is 3. The molecule has 4 rings (SSSR count). The van der Waals surface area contributed by atoms with Crippen LogP contribution in [0.3, 0.4) is 0 Å². The number of hydrogen-bond acceptors (Lipinski definition) is 4. The molecule has 2 aromatic heterocycles. The smallest absolute Gasteiger partial charge is 0.314 e. The summed E-state index contributed by atoms with van der Waals surface area (Å²) in [6.45, 7) is 0. The Balaban J connectivity index is 1.61. The van der Waals surface area contributed by atoms with Crippen molar-refractivity contribution in [3.8, 4) is 6.07 Å². The van der Waals surface area contributed by atoms with Crippen molar-refractivity contribution < 1.29 is 22.4 Å². The molecule has 0 aromatic carbocycles. The first-order chi connectivity index (χ1) is 13.3. The molecule has 6 nitrogen and oxygen atoms in total. The van der Waals surface area contributed by atoms with E-state index in [0.717, 1.165) is 12.1 Å². The van der Waals surface area contributed by atoms with Crippen molar-refractivity contribution in [1.29, 1.82) is 5.26 Å². The highest BCUT2D eigenvalue weighted by atomic mass is 19.4. The molecule has 1 N–H and O–H groups in total. The standard InChI is InChI=1S/C18H13F4N5O/c19-16-12-7-10-2-3-13(11(12)5-6-24-16)27(10)17(28)26-14-4-1-9(8-23)15(25-14)18(20,21)22/h1,4-6,10,13H,2-3,7H2,(H,25,26,28). The summed E-state index contributed by atoms with van der Waals surface area (Å²) in [4.78, 5) is 21.3. The molecular weight excluding hydrogens is 378 g/mol. The minimum absolute atomic E-state index is 0.267. The van der Waals surface area contributed by atoms with Gasteiger partial charge in [-0.15, -0.1) is 0 Å². The van der Waals surface area contributed by atoms with E-state index in [4.69, 9.17) is 5.26 Å². The van der Waals surface area contributed by atoms with Gasteiger partial charge in [-0.05, 0) is 43.0 Å². The lowest BCUT2D eigenvalue weighted by molar-refractivity contribution is -0.141. The number of nitrogens with one attached hydrogen (secondary N) is 1. The number of carbonyl (C=O) groups excluding carboxylic acids is 1. The zero-order chi connectivity index (χ0) is 20.1. The van der Waals surface area contributed by atoms with Crippen molar-refractivity contribution in [2.45, 2.75) is 37.5 Å². The minimum Gasteiger partial charge on any atom is -0.314 e. The topological polar surface area (TPSA) is 81.9 Å². The lowest BCUT2D eigenvalue weighted by atomic mass is 9.95. The molecule has 2 atom stereocenters. The Kier molecular flexibility index (Phi) is 4.18. The van der Waals surface area contributed by atoms with Crippen LogP contribution in [0.25, 0.3) is 0 Å². The summed E-state index contributed by atoms with van der Waals surface area (Å²) >= 11 is 0. The Morgan fingerprint density at radius 3 is 2.79 bits per heavy atom. The van der Waals surface area contributed by atoms with E-state index in [0.29, 0.717) is 30.4 Å². The number of carbonyl (C=O) groups is 1. The van der Waals surface area contributed by atoms with Crippen molar-refractivity contribution >= 4 is 11.8 Å². The number of anilines is 1. The van der Waals surface area contributed by atoms with Crippen LogP contribution in [0.15, 0.2) is 24.4 Å². The second-order valence-corrected chi connectivity index (χ2v) is 6.66. The highest BCUT2D eigenvalue weighted by molar-refractivity contribution is 5.89. The molecule has 2 amide bonds. The zero-order valence-electron chi connectivity index (χ0n) is 14.3. The van der Waals surface area contributed by atoms with Gasteiger partial charge in [-0.3, -0.25) is 5.32 Å². The maximum Gasteiger partial charge on any atom is 0.434 e. The number of pyridine rings is 2. The monoisotopic (exact) mass is 391 g/mol. The van der Waals surface area contributed by atoms with Crippen LogP contribution < -0.4 is 5.32 Å². The van der Waals surface area contributed by atoms with Gasteiger partial charge in [-0.25, -0.2) is 14.8 Å². The molecule has 4 heterocycles. The summed E-state index contributed by atoms with van der Waals surface area (Å²) in [5.74, 6) is -0.861. The first-order valence-corrected chi connectivity index (χ1v) is 8.50. The molecule has 2 unspecified atom stereocenters. The van der Waals surface area contributed by atoms with Crippen molar-refractivity contribution in [1.82, 2.24) is 14.9 Å². The Bertz CT molecular complexity index is 1000. The third kappa shape index (κ3) is 2.93. The number of hydrogen-bond donors (Lipinski definition) is 1. The van der Waals surface area contributed by atoms with E-state index in [1.54, 1.807) is 6.07 Å². The number of aromatic nitrogens is 2. The number of amides is 2. The molecule has 2 bridgehead atoms. The van der Waals surface area contributed by atoms with Gasteiger partial charge >= 0.3 is 12.2 Å². The molecule has 144 valence electrons. The van der Waals surface area contributed by atoms with Crippen LogP contribution in [0.4, 0.5) is 28.2 Å². The quantitative estimate of drug-likeness (QED) is 0.592. The van der Waals surface area contributed by atoms with Gasteiger partial charge in [0.15, 0.2) is 5.69 Å². The molecule has 1 saturated heterocycles. The van der Waals surface area contributed by atoms with Crippen molar-refractivity contribution in [2.75, 3.05) is 5.32 Å². The Hall–Kier alpha value is -3.22. The number of halogens is 4. The summed E-state index contributed by atoms with van der Waals surface area (Å²) in [6, 6.07) is 3.97. The summed E-state index contributed by atoms with van der Waals surface area (Å²) in [7, 11) is 0. The van der Waals surface area contributed by atoms with Crippen LogP contribution >= 0.6 is 0 Å². The Labute approximate surface area is 156 Å². The van der Waals surface area contributed by atoms with E-state index >= 15 is 0 Å². The number of urea groups is 1. The summed E-state index contributed by atoms with van der Waals surface area (Å²) in [5.41, 5.74) is -0.830. The van der Waals surface area contributed by atoms with E-state index in [-0.39, 0.29) is 17.9 Å². The van der Waals surface area contributed by atoms with Gasteiger partial charge in [0.05, 0.1) is 11.6 Å². The Morgan fingerprint density at radius 1 is 1.29 bits per heavy atom. The molecule has 10 heteroatoms. The molecule has 2 aliphatic heterocycles. The third-order valence-corrected chi connectivity index (χ3v) is 5.09. The van der Waals surface area contributed by atoms with Crippen molar-refractivity contribution in [2.24, 2.45) is 0 Å². The summed E-state index contributed by atoms with van der Waals surface area (Å²) in [6.07, 6.45) is -1.91. The van der Waals surface area contributed by atoms with Gasteiger partial charge < -0.3 is 4.90 Å². The van der Waals surface area contributed by atoms with Crippen molar-refractivity contribution in [3.05, 3.63) is 52.7 Å². The van der Waals surface area contributed by atoms with Crippen molar-refractivity contribution in [3.63, 3.8) is 0 Å². The molecule has 28 heavy (non-hydrogen) atoms. The molecule has 0 saturated carbocycles. The number of nitriles is 1. The van der Waals surface area contributed by atoms with E-state index in [9.17, 15) is 22.4 Å². The molecule has 2 aliphatic rings. The lowest BCUT2D eigenvalue weighted by Crippen LogP contribution is -2.44. The van der Waals surface area contributed by atoms with Gasteiger partial charge in [-0.1, -0.05) is 0 Å². The van der Waals surface area contributed by atoms with Gasteiger partial charge in [0, 0.05) is 17.8 Å². The first-order valence-electron chi connectivity index (χ1n) is 8.50. The van der Waals surface area contributed by atoms with E-state index in [1.165, 1.54) is 17.2 Å². The van der Waals surface area contributed by atoms with Gasteiger partial charge in [0.25, 0.3) is 0 Å². The van der Waals surface area contributed by atoms with E-state index < -0.39 is 29.4 Å². The highest BCUT2D eigenvalue weighted by Crippen LogP contribution is 2.44. The van der Waals surface area contributed by atoms with Gasteiger partial charge in [-0.2, -0.15) is 22.8 Å². The normalized spacial score (nSPS) is 20.5. The average Bonchev–Trinajstić information content (AvgIpc) is 2.97. The zero-order valence-corrected chi connectivity index (χ0v) is 14.3. The van der Waals surface area contributed by atoms with Crippen LogP contribution in [-0.4, -0.2) is 26.9 Å². The summed E-state index contributed by atoms with van der Waals surface area (Å²) < 4.78 is 53.2. The number of fused-ring (bicyclic) bond motifs is 4. The van der Waals surface area contributed by atoms with Crippen LogP contribution in [0.1, 0.15) is 41.3 Å². The lowest BCUT2D eigenvalue weighted by Gasteiger charge is -2.36. The largest absolute Gasteiger partial charge is 0.434 e. The van der Waals surface area contributed by atoms with E-state index in [1.807, 2.05) is 0 Å². The fourth-order valence-corrected chi connectivity index (χ4v) is 3.94. The van der Waals surface area contributed by atoms with Crippen LogP contribution in [0.5, 0.6) is 0 Å². The first kappa shape index (κ1) is 18.2. The van der Waals surface area contributed by atoms with Gasteiger partial charge in [0.1, 0.15) is 11.9 Å². The second kappa shape index (κ2) is 6.44. The molecular formula is C18H13F4N5O. The maximum absolute atomic E-state index is 14.0. The van der Waals surface area contributed by atoms with Crippen LogP contribution in [0.2, 0.25) is 0 Å². The van der Waals surface area contributed by atoms with Crippen LogP contribution in [-0.2, 0) is 12.6 Å². The summed E-state index contributed by atoms with van der Waals surface area (Å²) in [5, 5.41) is 11.2. The SMILES string of the molecule is N#Cc1ccc(NC(=O)N2C3CCC2c2ccnc(F)c2C3)nc1C(F)(F)F. The fraction of sp³-hybridized carbons (Fsp3) is 0.333. The molecule has 2 aromatic rings. The Morgan fingerprint density at radius 2 is 2.07 bits per heavy atom. The predicted molar refractivity (Wildman–Crippen MR) is 88.5 cm³/mol. The molecule has 0 radical (unpaired) electrons. The second-order valence-electron chi connectivity index (χ2n) is 6.66. The molecule has 1 fully saturated rings. The molecule has 0 spiro atoms. The number of rotatable bonds is 1. The minimum atomic E-state index is -4.82. The number of nitrogens with zero attached hydrogens (tertiary/aromatic N) is 4. The maximum atomic E-state index is 14.0. The van der Waals surface area contributed by atoms with E-state index in [2.05, 4.69) is 15.3 Å².